The van der Waals surface area contributed by atoms with Crippen LogP contribution in [0.25, 0.3) is 10.9 Å². The second-order valence-corrected chi connectivity index (χ2v) is 4.45. The molecule has 0 aliphatic heterocycles. The fraction of sp³-hybridized carbons (Fsp3) is 0.385. The highest BCUT2D eigenvalue weighted by atomic mass is 15.0. The Balaban J connectivity index is 2.22. The highest BCUT2D eigenvalue weighted by Crippen LogP contribution is 2.19. The minimum Gasteiger partial charge on any atom is -0.369 e. The van der Waals surface area contributed by atoms with Crippen molar-refractivity contribution in [2.24, 2.45) is 5.92 Å². The van der Waals surface area contributed by atoms with Crippen molar-refractivity contribution < 1.29 is 0 Å². The first kappa shape index (κ1) is 10.1. The molecule has 0 aliphatic rings. The number of H-pyrrole nitrogens is 1. The SMILES string of the molecule is CC(C)C(C)Nc1cc2ccccc2[nH]1. The fourth-order valence-corrected chi connectivity index (χ4v) is 1.56. The van der Waals surface area contributed by atoms with Gasteiger partial charge in [0.25, 0.3) is 0 Å². The van der Waals surface area contributed by atoms with Crippen LogP contribution in [0.1, 0.15) is 20.8 Å². The molecule has 2 rings (SSSR count). The molecule has 2 aromatic rings. The number of fused-ring (bicyclic) bond motifs is 1. The Labute approximate surface area is 90.7 Å². The molecule has 0 spiro atoms. The van der Waals surface area contributed by atoms with Crippen LogP contribution < -0.4 is 5.32 Å². The summed E-state index contributed by atoms with van der Waals surface area (Å²) in [5.41, 5.74) is 1.19. The Morgan fingerprint density at radius 3 is 2.53 bits per heavy atom. The average molecular weight is 202 g/mol. The van der Waals surface area contributed by atoms with Gasteiger partial charge < -0.3 is 10.3 Å². The van der Waals surface area contributed by atoms with Gasteiger partial charge in [0.05, 0.1) is 0 Å². The number of benzene rings is 1. The summed E-state index contributed by atoms with van der Waals surface area (Å²) in [5, 5.41) is 4.74. The largest absolute Gasteiger partial charge is 0.369 e. The van der Waals surface area contributed by atoms with E-state index in [-0.39, 0.29) is 0 Å². The topological polar surface area (TPSA) is 27.8 Å². The average Bonchev–Trinajstić information content (AvgIpc) is 2.59. The standard InChI is InChI=1S/C13H18N2/c1-9(2)10(3)14-13-8-11-6-4-5-7-12(11)15-13/h4-10,14-15H,1-3H3. The molecule has 1 heterocycles. The normalized spacial score (nSPS) is 13.3. The van der Waals surface area contributed by atoms with Gasteiger partial charge in [0.2, 0.25) is 0 Å². The van der Waals surface area contributed by atoms with E-state index in [1.807, 2.05) is 0 Å². The Morgan fingerprint density at radius 2 is 1.87 bits per heavy atom. The lowest BCUT2D eigenvalue weighted by molar-refractivity contribution is 0.559. The maximum absolute atomic E-state index is 3.48. The molecule has 0 aliphatic carbocycles. The third-order valence-corrected chi connectivity index (χ3v) is 2.91. The molecule has 1 unspecified atom stereocenters. The minimum atomic E-state index is 0.484. The first-order valence-corrected chi connectivity index (χ1v) is 5.51. The van der Waals surface area contributed by atoms with Crippen LogP contribution in [0.4, 0.5) is 5.82 Å². The van der Waals surface area contributed by atoms with Gasteiger partial charge in [-0.15, -0.1) is 0 Å². The van der Waals surface area contributed by atoms with Crippen molar-refractivity contribution in [1.82, 2.24) is 4.98 Å². The first-order chi connectivity index (χ1) is 7.16. The molecule has 2 heteroatoms. The maximum atomic E-state index is 3.48. The number of rotatable bonds is 3. The van der Waals surface area contributed by atoms with E-state index in [1.54, 1.807) is 0 Å². The van der Waals surface area contributed by atoms with Crippen molar-refractivity contribution in [3.63, 3.8) is 0 Å². The van der Waals surface area contributed by atoms with Crippen LogP contribution >= 0.6 is 0 Å². The number of hydrogen-bond donors (Lipinski definition) is 2. The van der Waals surface area contributed by atoms with Crippen LogP contribution in [0, 0.1) is 5.92 Å². The summed E-state index contributed by atoms with van der Waals surface area (Å²) < 4.78 is 0. The number of para-hydroxylation sites is 1. The second kappa shape index (κ2) is 3.97. The summed E-state index contributed by atoms with van der Waals surface area (Å²) in [4.78, 5) is 3.37. The van der Waals surface area contributed by atoms with Gasteiger partial charge in [0.15, 0.2) is 0 Å². The highest BCUT2D eigenvalue weighted by molar-refractivity contribution is 5.83. The minimum absolute atomic E-state index is 0.484. The van der Waals surface area contributed by atoms with Gasteiger partial charge >= 0.3 is 0 Å². The zero-order valence-corrected chi connectivity index (χ0v) is 9.54. The Morgan fingerprint density at radius 1 is 1.13 bits per heavy atom. The maximum Gasteiger partial charge on any atom is 0.104 e. The summed E-state index contributed by atoms with van der Waals surface area (Å²) in [6.07, 6.45) is 0. The van der Waals surface area contributed by atoms with Crippen molar-refractivity contribution in [2.45, 2.75) is 26.8 Å². The van der Waals surface area contributed by atoms with E-state index in [4.69, 9.17) is 0 Å². The Hall–Kier alpha value is -1.44. The number of aromatic amines is 1. The zero-order valence-electron chi connectivity index (χ0n) is 9.54. The van der Waals surface area contributed by atoms with Crippen molar-refractivity contribution in [1.29, 1.82) is 0 Å². The number of anilines is 1. The molecule has 2 nitrogen and oxygen atoms in total. The molecule has 15 heavy (non-hydrogen) atoms. The van der Waals surface area contributed by atoms with Crippen LogP contribution in [-0.2, 0) is 0 Å². The van der Waals surface area contributed by atoms with Crippen molar-refractivity contribution in [3.8, 4) is 0 Å². The lowest BCUT2D eigenvalue weighted by Crippen LogP contribution is -2.21. The van der Waals surface area contributed by atoms with E-state index in [0.29, 0.717) is 12.0 Å². The molecule has 1 aromatic heterocycles. The predicted molar refractivity (Wildman–Crippen MR) is 66.2 cm³/mol. The number of nitrogens with one attached hydrogen (secondary N) is 2. The lowest BCUT2D eigenvalue weighted by Gasteiger charge is -2.17. The van der Waals surface area contributed by atoms with Gasteiger partial charge in [-0.3, -0.25) is 0 Å². The molecule has 2 N–H and O–H groups in total. The van der Waals surface area contributed by atoms with Crippen molar-refractivity contribution in [2.75, 3.05) is 5.32 Å². The van der Waals surface area contributed by atoms with Gasteiger partial charge in [0.1, 0.15) is 5.82 Å². The van der Waals surface area contributed by atoms with E-state index >= 15 is 0 Å². The molecule has 0 amide bonds. The van der Waals surface area contributed by atoms with Crippen LogP contribution in [-0.4, -0.2) is 11.0 Å². The summed E-state index contributed by atoms with van der Waals surface area (Å²) in [7, 11) is 0. The third-order valence-electron chi connectivity index (χ3n) is 2.91. The molecule has 0 bridgehead atoms. The molecular weight excluding hydrogens is 184 g/mol. The van der Waals surface area contributed by atoms with E-state index in [9.17, 15) is 0 Å². The highest BCUT2D eigenvalue weighted by Gasteiger charge is 2.07. The monoisotopic (exact) mass is 202 g/mol. The molecular formula is C13H18N2. The summed E-state index contributed by atoms with van der Waals surface area (Å²) >= 11 is 0. The molecule has 0 saturated carbocycles. The smallest absolute Gasteiger partial charge is 0.104 e. The lowest BCUT2D eigenvalue weighted by atomic mass is 10.1. The van der Waals surface area contributed by atoms with Gasteiger partial charge in [-0.05, 0) is 25.0 Å². The third kappa shape index (κ3) is 2.14. The summed E-state index contributed by atoms with van der Waals surface area (Å²) in [6, 6.07) is 11.0. The zero-order chi connectivity index (χ0) is 10.8. The Kier molecular flexibility index (Phi) is 2.67. The van der Waals surface area contributed by atoms with Gasteiger partial charge in [0, 0.05) is 16.9 Å². The van der Waals surface area contributed by atoms with Crippen LogP contribution in [0.5, 0.6) is 0 Å². The molecule has 0 saturated heterocycles. The Bertz CT molecular complexity index is 409. The van der Waals surface area contributed by atoms with E-state index < -0.39 is 0 Å². The van der Waals surface area contributed by atoms with E-state index in [0.717, 1.165) is 5.82 Å². The molecule has 1 atom stereocenters. The predicted octanol–water partition coefficient (Wildman–Crippen LogP) is 3.62. The summed E-state index contributed by atoms with van der Waals surface area (Å²) in [5.74, 6) is 1.74. The molecule has 1 aromatic carbocycles. The molecule has 0 radical (unpaired) electrons. The number of hydrogen-bond acceptors (Lipinski definition) is 1. The van der Waals surface area contributed by atoms with Gasteiger partial charge in [-0.2, -0.15) is 0 Å². The van der Waals surface area contributed by atoms with Crippen LogP contribution in [0.2, 0.25) is 0 Å². The number of aromatic nitrogens is 1. The second-order valence-electron chi connectivity index (χ2n) is 4.45. The summed E-state index contributed by atoms with van der Waals surface area (Å²) in [6.45, 7) is 6.65. The van der Waals surface area contributed by atoms with Gasteiger partial charge in [-0.1, -0.05) is 32.0 Å². The van der Waals surface area contributed by atoms with Crippen molar-refractivity contribution >= 4 is 16.7 Å². The van der Waals surface area contributed by atoms with E-state index in [1.165, 1.54) is 10.9 Å². The first-order valence-electron chi connectivity index (χ1n) is 5.51. The molecule has 0 fully saturated rings. The van der Waals surface area contributed by atoms with E-state index in [2.05, 4.69) is 61.4 Å². The quantitative estimate of drug-likeness (QED) is 0.781. The van der Waals surface area contributed by atoms with Crippen LogP contribution in [0.15, 0.2) is 30.3 Å². The van der Waals surface area contributed by atoms with Crippen LogP contribution in [0.3, 0.4) is 0 Å². The molecule has 80 valence electrons. The fourth-order valence-electron chi connectivity index (χ4n) is 1.56. The van der Waals surface area contributed by atoms with Gasteiger partial charge in [-0.25, -0.2) is 0 Å². The van der Waals surface area contributed by atoms with Crippen molar-refractivity contribution in [3.05, 3.63) is 30.3 Å².